The lowest BCUT2D eigenvalue weighted by Crippen LogP contribution is -2.16. The van der Waals surface area contributed by atoms with Crippen LogP contribution in [0.15, 0.2) is 24.3 Å². The SMILES string of the molecule is COC(=O)CCCNCc1ccc(OC)cc1.Cl. The summed E-state index contributed by atoms with van der Waals surface area (Å²) in [6, 6.07) is 7.91. The molecule has 0 atom stereocenters. The molecule has 0 bridgehead atoms. The molecule has 0 amide bonds. The van der Waals surface area contributed by atoms with Crippen LogP contribution in [0.1, 0.15) is 18.4 Å². The van der Waals surface area contributed by atoms with Crippen LogP contribution in [0.4, 0.5) is 0 Å². The molecule has 0 radical (unpaired) electrons. The molecular formula is C13H20ClNO3. The summed E-state index contributed by atoms with van der Waals surface area (Å²) in [4.78, 5) is 10.9. The van der Waals surface area contributed by atoms with Crippen molar-refractivity contribution in [3.05, 3.63) is 29.8 Å². The second kappa shape index (κ2) is 9.74. The molecule has 0 spiro atoms. The first-order valence-corrected chi connectivity index (χ1v) is 5.66. The average molecular weight is 274 g/mol. The molecule has 1 N–H and O–H groups in total. The number of carbonyl (C=O) groups excluding carboxylic acids is 1. The van der Waals surface area contributed by atoms with Gasteiger partial charge in [-0.1, -0.05) is 12.1 Å². The van der Waals surface area contributed by atoms with Crippen LogP contribution in [0.3, 0.4) is 0 Å². The topological polar surface area (TPSA) is 47.6 Å². The van der Waals surface area contributed by atoms with Crippen molar-refractivity contribution in [3.63, 3.8) is 0 Å². The van der Waals surface area contributed by atoms with Crippen molar-refractivity contribution >= 4 is 18.4 Å². The summed E-state index contributed by atoms with van der Waals surface area (Å²) in [6.45, 7) is 1.60. The molecule has 0 aromatic heterocycles. The van der Waals surface area contributed by atoms with Crippen LogP contribution < -0.4 is 10.1 Å². The Balaban J connectivity index is 0.00000289. The quantitative estimate of drug-likeness (QED) is 0.611. The third kappa shape index (κ3) is 6.47. The predicted octanol–water partition coefficient (Wildman–Crippen LogP) is 2.16. The van der Waals surface area contributed by atoms with Crippen molar-refractivity contribution in [3.8, 4) is 5.75 Å². The first kappa shape index (κ1) is 16.7. The van der Waals surface area contributed by atoms with Gasteiger partial charge in [-0.2, -0.15) is 0 Å². The molecule has 0 fully saturated rings. The first-order valence-electron chi connectivity index (χ1n) is 5.66. The highest BCUT2D eigenvalue weighted by Crippen LogP contribution is 2.10. The number of methoxy groups -OCH3 is 2. The van der Waals surface area contributed by atoms with Crippen molar-refractivity contribution in [2.75, 3.05) is 20.8 Å². The van der Waals surface area contributed by atoms with E-state index in [2.05, 4.69) is 10.1 Å². The Hall–Kier alpha value is -1.26. The molecule has 18 heavy (non-hydrogen) atoms. The van der Waals surface area contributed by atoms with Gasteiger partial charge < -0.3 is 14.8 Å². The van der Waals surface area contributed by atoms with Crippen LogP contribution in [0.5, 0.6) is 5.75 Å². The Kier molecular flexibility index (Phi) is 9.06. The van der Waals surface area contributed by atoms with Crippen molar-refractivity contribution in [1.29, 1.82) is 0 Å². The normalized spacial score (nSPS) is 9.44. The van der Waals surface area contributed by atoms with Crippen LogP contribution in [-0.2, 0) is 16.1 Å². The molecular weight excluding hydrogens is 254 g/mol. The van der Waals surface area contributed by atoms with E-state index >= 15 is 0 Å². The van der Waals surface area contributed by atoms with Crippen LogP contribution in [0.2, 0.25) is 0 Å². The fourth-order valence-electron chi connectivity index (χ4n) is 1.44. The number of hydrogen-bond donors (Lipinski definition) is 1. The van der Waals surface area contributed by atoms with E-state index in [0.29, 0.717) is 6.42 Å². The number of carbonyl (C=O) groups is 1. The minimum absolute atomic E-state index is 0. The van der Waals surface area contributed by atoms with Gasteiger partial charge in [0, 0.05) is 13.0 Å². The maximum absolute atomic E-state index is 10.9. The highest BCUT2D eigenvalue weighted by Gasteiger charge is 1.99. The van der Waals surface area contributed by atoms with Gasteiger partial charge in [0.1, 0.15) is 5.75 Å². The van der Waals surface area contributed by atoms with E-state index in [4.69, 9.17) is 4.74 Å². The lowest BCUT2D eigenvalue weighted by Gasteiger charge is -2.05. The molecule has 0 aliphatic heterocycles. The Labute approximate surface area is 114 Å². The number of hydrogen-bond acceptors (Lipinski definition) is 4. The van der Waals surface area contributed by atoms with Gasteiger partial charge >= 0.3 is 5.97 Å². The fraction of sp³-hybridized carbons (Fsp3) is 0.462. The Morgan fingerprint density at radius 2 is 1.89 bits per heavy atom. The van der Waals surface area contributed by atoms with Gasteiger partial charge in [0.05, 0.1) is 14.2 Å². The fourth-order valence-corrected chi connectivity index (χ4v) is 1.44. The number of benzene rings is 1. The zero-order valence-corrected chi connectivity index (χ0v) is 11.6. The molecule has 4 nitrogen and oxygen atoms in total. The molecule has 0 saturated heterocycles. The minimum atomic E-state index is -0.156. The number of ether oxygens (including phenoxy) is 2. The van der Waals surface area contributed by atoms with Gasteiger partial charge in [-0.3, -0.25) is 4.79 Å². The highest BCUT2D eigenvalue weighted by atomic mass is 35.5. The van der Waals surface area contributed by atoms with Crippen LogP contribution in [-0.4, -0.2) is 26.7 Å². The van der Waals surface area contributed by atoms with Crippen molar-refractivity contribution in [1.82, 2.24) is 5.32 Å². The van der Waals surface area contributed by atoms with Crippen molar-refractivity contribution in [2.24, 2.45) is 0 Å². The Bertz CT molecular complexity index is 341. The van der Waals surface area contributed by atoms with E-state index in [1.807, 2.05) is 24.3 Å². The first-order chi connectivity index (χ1) is 8.26. The molecule has 0 unspecified atom stereocenters. The van der Waals surface area contributed by atoms with Gasteiger partial charge in [0.15, 0.2) is 0 Å². The number of rotatable bonds is 7. The zero-order valence-electron chi connectivity index (χ0n) is 10.8. The van der Waals surface area contributed by atoms with Gasteiger partial charge in [-0.15, -0.1) is 12.4 Å². The third-order valence-corrected chi connectivity index (χ3v) is 2.45. The highest BCUT2D eigenvalue weighted by molar-refractivity contribution is 5.85. The summed E-state index contributed by atoms with van der Waals surface area (Å²) in [7, 11) is 3.06. The molecule has 0 heterocycles. The molecule has 1 aromatic rings. The largest absolute Gasteiger partial charge is 0.497 e. The standard InChI is InChI=1S/C13H19NO3.ClH/c1-16-12-7-5-11(6-8-12)10-14-9-3-4-13(15)17-2;/h5-8,14H,3-4,9-10H2,1-2H3;1H. The van der Waals surface area contributed by atoms with E-state index in [9.17, 15) is 4.79 Å². The summed E-state index contributed by atoms with van der Waals surface area (Å²) in [5, 5.41) is 3.27. The monoisotopic (exact) mass is 273 g/mol. The third-order valence-electron chi connectivity index (χ3n) is 2.45. The average Bonchev–Trinajstić information content (AvgIpc) is 2.38. The van der Waals surface area contributed by atoms with E-state index in [-0.39, 0.29) is 18.4 Å². The lowest BCUT2D eigenvalue weighted by molar-refractivity contribution is -0.140. The predicted molar refractivity (Wildman–Crippen MR) is 73.2 cm³/mol. The van der Waals surface area contributed by atoms with E-state index in [0.717, 1.165) is 25.3 Å². The second-order valence-corrected chi connectivity index (χ2v) is 3.70. The molecule has 0 saturated carbocycles. The van der Waals surface area contributed by atoms with Crippen LogP contribution in [0, 0.1) is 0 Å². The summed E-state index contributed by atoms with van der Waals surface area (Å²) in [5.41, 5.74) is 1.20. The summed E-state index contributed by atoms with van der Waals surface area (Å²) < 4.78 is 9.64. The Morgan fingerprint density at radius 3 is 2.44 bits per heavy atom. The van der Waals surface area contributed by atoms with E-state index in [1.165, 1.54) is 12.7 Å². The van der Waals surface area contributed by atoms with Gasteiger partial charge in [0.2, 0.25) is 0 Å². The van der Waals surface area contributed by atoms with Gasteiger partial charge in [-0.05, 0) is 30.7 Å². The second-order valence-electron chi connectivity index (χ2n) is 3.70. The zero-order chi connectivity index (χ0) is 12.5. The van der Waals surface area contributed by atoms with Crippen molar-refractivity contribution < 1.29 is 14.3 Å². The minimum Gasteiger partial charge on any atom is -0.497 e. The maximum atomic E-state index is 10.9. The molecule has 1 aromatic carbocycles. The lowest BCUT2D eigenvalue weighted by atomic mass is 10.2. The summed E-state index contributed by atoms with van der Waals surface area (Å²) in [5.74, 6) is 0.704. The Morgan fingerprint density at radius 1 is 1.22 bits per heavy atom. The molecule has 102 valence electrons. The number of nitrogens with one attached hydrogen (secondary N) is 1. The van der Waals surface area contributed by atoms with E-state index < -0.39 is 0 Å². The van der Waals surface area contributed by atoms with Crippen molar-refractivity contribution in [2.45, 2.75) is 19.4 Å². The van der Waals surface area contributed by atoms with E-state index in [1.54, 1.807) is 7.11 Å². The smallest absolute Gasteiger partial charge is 0.305 e. The molecule has 5 heteroatoms. The maximum Gasteiger partial charge on any atom is 0.305 e. The van der Waals surface area contributed by atoms with Gasteiger partial charge in [-0.25, -0.2) is 0 Å². The molecule has 0 aliphatic rings. The number of halogens is 1. The molecule has 1 rings (SSSR count). The van der Waals surface area contributed by atoms with Crippen LogP contribution >= 0.6 is 12.4 Å². The van der Waals surface area contributed by atoms with Gasteiger partial charge in [0.25, 0.3) is 0 Å². The molecule has 0 aliphatic carbocycles. The summed E-state index contributed by atoms with van der Waals surface area (Å²) >= 11 is 0. The van der Waals surface area contributed by atoms with Crippen LogP contribution in [0.25, 0.3) is 0 Å². The summed E-state index contributed by atoms with van der Waals surface area (Å²) in [6.07, 6.45) is 1.26. The number of esters is 1.